The van der Waals surface area contributed by atoms with Crippen LogP contribution < -0.4 is 9.80 Å². The number of aromatic hydroxyl groups is 2. The van der Waals surface area contributed by atoms with Crippen LogP contribution in [0.1, 0.15) is 41.6 Å². The van der Waals surface area contributed by atoms with Crippen molar-refractivity contribution < 1.29 is 39.3 Å². The Morgan fingerprint density at radius 2 is 1.52 bits per heavy atom. The number of phenols is 2. The maximum absolute atomic E-state index is 14.3. The van der Waals surface area contributed by atoms with Crippen LogP contribution >= 0.6 is 0 Å². The Labute approximate surface area is 251 Å². The number of carbonyl (C=O) groups is 5. The molecule has 4 amide bonds. The molecular formula is C34H28N2O8. The Bertz CT molecular complexity index is 1800. The van der Waals surface area contributed by atoms with Gasteiger partial charge in [0.05, 0.1) is 34.5 Å². The summed E-state index contributed by atoms with van der Waals surface area (Å²) in [5.41, 5.74) is 0.493. The first-order chi connectivity index (χ1) is 21.0. The van der Waals surface area contributed by atoms with Crippen molar-refractivity contribution in [1.82, 2.24) is 0 Å². The highest BCUT2D eigenvalue weighted by Crippen LogP contribution is 2.63. The molecule has 0 bridgehead atoms. The van der Waals surface area contributed by atoms with E-state index in [0.717, 1.165) is 22.6 Å². The predicted molar refractivity (Wildman–Crippen MR) is 157 cm³/mol. The molecule has 44 heavy (non-hydrogen) atoms. The van der Waals surface area contributed by atoms with Crippen molar-refractivity contribution in [3.63, 3.8) is 0 Å². The number of imide groups is 2. The number of allylic oxidation sites excluding steroid dienone is 2. The quantitative estimate of drug-likeness (QED) is 0.301. The van der Waals surface area contributed by atoms with Gasteiger partial charge in [0.1, 0.15) is 17.1 Å². The fourth-order valence-electron chi connectivity index (χ4n) is 7.98. The van der Waals surface area contributed by atoms with Gasteiger partial charge in [-0.05, 0) is 67.6 Å². The molecule has 6 atom stereocenters. The van der Waals surface area contributed by atoms with Crippen molar-refractivity contribution in [2.45, 2.75) is 25.7 Å². The minimum absolute atomic E-state index is 0.0459. The van der Waals surface area contributed by atoms with Gasteiger partial charge in [-0.1, -0.05) is 42.0 Å². The minimum Gasteiger partial charge on any atom is -0.508 e. The van der Waals surface area contributed by atoms with Gasteiger partial charge in [-0.15, -0.1) is 0 Å². The van der Waals surface area contributed by atoms with E-state index in [0.29, 0.717) is 11.3 Å². The summed E-state index contributed by atoms with van der Waals surface area (Å²) in [6.45, 7) is 1.79. The predicted octanol–water partition coefficient (Wildman–Crippen LogP) is 4.23. The van der Waals surface area contributed by atoms with E-state index in [-0.39, 0.29) is 41.7 Å². The SMILES string of the molecule is CC12C(=O)N(c3ccccc3)C(=O)C1CC1C(=CCC3C(=O)N(c4ccc(C(=O)O)c(O)c4)C(=O)C31)C2c1ccc(O)cc1. The van der Waals surface area contributed by atoms with Gasteiger partial charge in [-0.2, -0.15) is 0 Å². The number of amides is 4. The number of aromatic carboxylic acids is 1. The molecule has 10 heteroatoms. The molecule has 2 aliphatic carbocycles. The Balaban J connectivity index is 1.33. The second-order valence-corrected chi connectivity index (χ2v) is 12.1. The average Bonchev–Trinajstić information content (AvgIpc) is 3.37. The van der Waals surface area contributed by atoms with Crippen LogP contribution in [0.15, 0.2) is 84.4 Å². The number of hydrogen-bond donors (Lipinski definition) is 3. The zero-order valence-electron chi connectivity index (χ0n) is 23.6. The van der Waals surface area contributed by atoms with Crippen LogP contribution in [0.2, 0.25) is 0 Å². The number of carboxylic acid groups (broad SMARTS) is 1. The van der Waals surface area contributed by atoms with Gasteiger partial charge >= 0.3 is 5.97 Å². The van der Waals surface area contributed by atoms with Crippen LogP contribution in [0, 0.1) is 29.1 Å². The third-order valence-electron chi connectivity index (χ3n) is 9.99. The van der Waals surface area contributed by atoms with Crippen LogP contribution in [0.5, 0.6) is 11.5 Å². The molecule has 2 heterocycles. The third-order valence-corrected chi connectivity index (χ3v) is 9.99. The van der Waals surface area contributed by atoms with E-state index in [4.69, 9.17) is 0 Å². The molecule has 7 rings (SSSR count). The van der Waals surface area contributed by atoms with E-state index in [1.807, 2.05) is 6.08 Å². The lowest BCUT2D eigenvalue weighted by Gasteiger charge is -2.49. The number of carboxylic acids is 1. The first-order valence-electron chi connectivity index (χ1n) is 14.4. The van der Waals surface area contributed by atoms with Crippen LogP contribution in [0.4, 0.5) is 11.4 Å². The summed E-state index contributed by atoms with van der Waals surface area (Å²) >= 11 is 0. The molecule has 3 N–H and O–H groups in total. The lowest BCUT2D eigenvalue weighted by Crippen LogP contribution is -2.48. The van der Waals surface area contributed by atoms with Gasteiger partial charge in [0.25, 0.3) is 0 Å². The number of anilines is 2. The molecule has 2 saturated heterocycles. The Morgan fingerprint density at radius 3 is 2.18 bits per heavy atom. The van der Waals surface area contributed by atoms with Gasteiger partial charge < -0.3 is 15.3 Å². The van der Waals surface area contributed by atoms with E-state index in [9.17, 15) is 39.3 Å². The third kappa shape index (κ3) is 3.69. The van der Waals surface area contributed by atoms with Crippen molar-refractivity contribution in [3.8, 4) is 11.5 Å². The molecule has 3 aromatic carbocycles. The number of nitrogens with zero attached hydrogens (tertiary/aromatic N) is 2. The van der Waals surface area contributed by atoms with Crippen molar-refractivity contribution >= 4 is 41.0 Å². The molecule has 0 spiro atoms. The summed E-state index contributed by atoms with van der Waals surface area (Å²) in [6, 6.07) is 18.8. The van der Waals surface area contributed by atoms with Gasteiger partial charge in [0.2, 0.25) is 23.6 Å². The molecule has 2 aliphatic heterocycles. The van der Waals surface area contributed by atoms with Crippen LogP contribution in [0.3, 0.4) is 0 Å². The maximum atomic E-state index is 14.3. The molecule has 0 aromatic heterocycles. The summed E-state index contributed by atoms with van der Waals surface area (Å²) in [4.78, 5) is 69.9. The van der Waals surface area contributed by atoms with Crippen LogP contribution in [-0.2, 0) is 19.2 Å². The Hall–Kier alpha value is -5.25. The minimum atomic E-state index is -1.35. The monoisotopic (exact) mass is 592 g/mol. The number of hydrogen-bond acceptors (Lipinski definition) is 7. The lowest BCUT2D eigenvalue weighted by atomic mass is 9.51. The zero-order chi connectivity index (χ0) is 31.1. The fraction of sp³-hybridized carbons (Fsp3) is 0.265. The normalized spacial score (nSPS) is 29.3. The Morgan fingerprint density at radius 1 is 0.818 bits per heavy atom. The van der Waals surface area contributed by atoms with Crippen molar-refractivity contribution in [2.24, 2.45) is 29.1 Å². The summed E-state index contributed by atoms with van der Waals surface area (Å²) in [5.74, 6) is -7.01. The summed E-state index contributed by atoms with van der Waals surface area (Å²) in [6.07, 6.45) is 2.34. The van der Waals surface area contributed by atoms with Gasteiger partial charge in [-0.3, -0.25) is 19.2 Å². The first-order valence-corrected chi connectivity index (χ1v) is 14.4. The van der Waals surface area contributed by atoms with E-state index in [2.05, 4.69) is 0 Å². The number of para-hydroxylation sites is 1. The first kappa shape index (κ1) is 27.6. The van der Waals surface area contributed by atoms with Gasteiger partial charge in [0.15, 0.2) is 0 Å². The number of benzene rings is 3. The standard InChI is InChI=1S/C34H28N2O8/c1-34-25(30(40)36(33(34)44)18-5-3-2-4-6-18)16-24-21(28(34)17-7-10-20(37)11-8-17)13-14-23-27(24)31(41)35(29(23)39)19-9-12-22(32(42)43)26(38)15-19/h2-13,15,23-25,27-28,37-38H,14,16H2,1H3,(H,42,43). The largest absolute Gasteiger partial charge is 0.508 e. The van der Waals surface area contributed by atoms with E-state index >= 15 is 0 Å². The van der Waals surface area contributed by atoms with Crippen molar-refractivity contribution in [2.75, 3.05) is 9.80 Å². The number of phenolic OH excluding ortho intramolecular Hbond substituents is 1. The smallest absolute Gasteiger partial charge is 0.339 e. The highest BCUT2D eigenvalue weighted by atomic mass is 16.4. The molecule has 10 nitrogen and oxygen atoms in total. The lowest BCUT2D eigenvalue weighted by molar-refractivity contribution is -0.131. The van der Waals surface area contributed by atoms with E-state index < -0.39 is 58.5 Å². The van der Waals surface area contributed by atoms with Crippen LogP contribution in [-0.4, -0.2) is 44.9 Å². The van der Waals surface area contributed by atoms with Gasteiger partial charge in [-0.25, -0.2) is 14.6 Å². The van der Waals surface area contributed by atoms with E-state index in [1.165, 1.54) is 23.1 Å². The topological polar surface area (TPSA) is 153 Å². The van der Waals surface area contributed by atoms with Gasteiger partial charge in [0, 0.05) is 12.0 Å². The van der Waals surface area contributed by atoms with Crippen LogP contribution in [0.25, 0.3) is 0 Å². The van der Waals surface area contributed by atoms with Crippen molar-refractivity contribution in [1.29, 1.82) is 0 Å². The molecule has 3 aromatic rings. The highest BCUT2D eigenvalue weighted by Gasteiger charge is 2.67. The Kier molecular flexibility index (Phi) is 6.04. The second-order valence-electron chi connectivity index (χ2n) is 12.1. The second kappa shape index (κ2) is 9.63. The molecule has 0 radical (unpaired) electrons. The van der Waals surface area contributed by atoms with Crippen molar-refractivity contribution in [3.05, 3.63) is 95.6 Å². The number of carbonyl (C=O) groups excluding carboxylic acids is 4. The molecule has 3 fully saturated rings. The molecule has 1 saturated carbocycles. The molecule has 6 unspecified atom stereocenters. The molecule has 222 valence electrons. The maximum Gasteiger partial charge on any atom is 0.339 e. The summed E-state index contributed by atoms with van der Waals surface area (Å²) in [7, 11) is 0. The summed E-state index contributed by atoms with van der Waals surface area (Å²) < 4.78 is 0. The highest BCUT2D eigenvalue weighted by molar-refractivity contribution is 6.25. The average molecular weight is 593 g/mol. The van der Waals surface area contributed by atoms with E-state index in [1.54, 1.807) is 49.4 Å². The number of fused-ring (bicyclic) bond motifs is 4. The zero-order valence-corrected chi connectivity index (χ0v) is 23.6. The molecular weight excluding hydrogens is 564 g/mol. The number of rotatable bonds is 4. The summed E-state index contributed by atoms with van der Waals surface area (Å²) in [5, 5.41) is 29.6. The fourth-order valence-corrected chi connectivity index (χ4v) is 7.98. The molecule has 4 aliphatic rings.